The fraction of sp³-hybridized carbons (Fsp3) is 0.222. The van der Waals surface area contributed by atoms with Crippen LogP contribution < -0.4 is 5.73 Å². The van der Waals surface area contributed by atoms with E-state index < -0.39 is 6.04 Å². The first-order chi connectivity index (χ1) is 7.72. The van der Waals surface area contributed by atoms with Gasteiger partial charge in [-0.25, -0.2) is 0 Å². The van der Waals surface area contributed by atoms with E-state index in [1.165, 1.54) is 11.0 Å². The molecule has 1 aromatic heterocycles. The van der Waals surface area contributed by atoms with Crippen LogP contribution in [-0.2, 0) is 0 Å². The molecule has 0 unspecified atom stereocenters. The topological polar surface area (TPSA) is 89.8 Å². The summed E-state index contributed by atoms with van der Waals surface area (Å²) in [5, 5.41) is 20.3. The van der Waals surface area contributed by atoms with Crippen LogP contribution >= 0.6 is 11.6 Å². The van der Waals surface area contributed by atoms with E-state index in [0.29, 0.717) is 10.7 Å². The van der Waals surface area contributed by atoms with Gasteiger partial charge in [0.15, 0.2) is 0 Å². The summed E-state index contributed by atoms with van der Waals surface area (Å²) >= 11 is 6.02. The van der Waals surface area contributed by atoms with Crippen molar-refractivity contribution in [2.75, 3.05) is 6.61 Å². The predicted molar refractivity (Wildman–Crippen MR) is 58.2 cm³/mol. The van der Waals surface area contributed by atoms with E-state index in [-0.39, 0.29) is 6.61 Å². The highest BCUT2D eigenvalue weighted by Crippen LogP contribution is 2.23. The highest BCUT2D eigenvalue weighted by atomic mass is 35.5. The minimum absolute atomic E-state index is 0.128. The molecule has 1 aromatic carbocycles. The zero-order valence-corrected chi connectivity index (χ0v) is 9.04. The van der Waals surface area contributed by atoms with Crippen LogP contribution in [0.25, 0.3) is 5.69 Å². The van der Waals surface area contributed by atoms with E-state index in [1.807, 2.05) is 0 Å². The van der Waals surface area contributed by atoms with Crippen molar-refractivity contribution < 1.29 is 5.11 Å². The third kappa shape index (κ3) is 2.04. The summed E-state index contributed by atoms with van der Waals surface area (Å²) in [7, 11) is 0. The summed E-state index contributed by atoms with van der Waals surface area (Å²) in [6.45, 7) is -0.128. The molecule has 1 atom stereocenters. The van der Waals surface area contributed by atoms with Gasteiger partial charge in [0.1, 0.15) is 6.33 Å². The Kier molecular flexibility index (Phi) is 3.14. The molecule has 0 radical (unpaired) electrons. The van der Waals surface area contributed by atoms with Gasteiger partial charge < -0.3 is 10.8 Å². The molecule has 16 heavy (non-hydrogen) atoms. The molecule has 84 valence electrons. The smallest absolute Gasteiger partial charge is 0.143 e. The molecule has 0 saturated carbocycles. The van der Waals surface area contributed by atoms with Gasteiger partial charge in [-0.05, 0) is 28.1 Å². The fourth-order valence-corrected chi connectivity index (χ4v) is 1.52. The number of tetrazole rings is 1. The molecule has 0 aliphatic carbocycles. The first-order valence-electron chi connectivity index (χ1n) is 4.61. The Labute approximate surface area is 96.6 Å². The van der Waals surface area contributed by atoms with Crippen LogP contribution in [0.5, 0.6) is 0 Å². The number of benzene rings is 1. The molecule has 0 fully saturated rings. The standard InChI is InChI=1S/C9H10ClN5O/c10-7-2-1-6(8(11)4-16)3-9(7)15-5-12-13-14-15/h1-3,5,8,16H,4,11H2/t8-/m1/s1. The molecule has 2 rings (SSSR count). The normalized spacial score (nSPS) is 12.7. The van der Waals surface area contributed by atoms with Crippen LogP contribution in [-0.4, -0.2) is 31.9 Å². The number of rotatable bonds is 3. The van der Waals surface area contributed by atoms with E-state index in [0.717, 1.165) is 5.56 Å². The molecule has 6 nitrogen and oxygen atoms in total. The SMILES string of the molecule is N[C@H](CO)c1ccc(Cl)c(-n2cnnn2)c1. The van der Waals surface area contributed by atoms with E-state index >= 15 is 0 Å². The van der Waals surface area contributed by atoms with Crippen molar-refractivity contribution in [2.45, 2.75) is 6.04 Å². The van der Waals surface area contributed by atoms with Crippen LogP contribution in [0.4, 0.5) is 0 Å². The lowest BCUT2D eigenvalue weighted by Gasteiger charge is -2.11. The molecule has 2 aromatic rings. The van der Waals surface area contributed by atoms with Gasteiger partial charge in [0.05, 0.1) is 23.4 Å². The Bertz CT molecular complexity index is 473. The average Bonchev–Trinajstić information content (AvgIpc) is 2.82. The summed E-state index contributed by atoms with van der Waals surface area (Å²) < 4.78 is 1.44. The Morgan fingerprint density at radius 2 is 2.31 bits per heavy atom. The summed E-state index contributed by atoms with van der Waals surface area (Å²) in [5.74, 6) is 0. The van der Waals surface area contributed by atoms with Gasteiger partial charge in [-0.15, -0.1) is 5.10 Å². The van der Waals surface area contributed by atoms with E-state index in [4.69, 9.17) is 22.4 Å². The molecule has 0 amide bonds. The molecule has 0 aliphatic rings. The summed E-state index contributed by atoms with van der Waals surface area (Å²) in [4.78, 5) is 0. The quantitative estimate of drug-likeness (QED) is 0.805. The zero-order valence-electron chi connectivity index (χ0n) is 8.29. The van der Waals surface area contributed by atoms with Crippen molar-refractivity contribution in [1.82, 2.24) is 20.2 Å². The minimum Gasteiger partial charge on any atom is -0.394 e. The van der Waals surface area contributed by atoms with Crippen molar-refractivity contribution in [2.24, 2.45) is 5.73 Å². The number of halogens is 1. The maximum absolute atomic E-state index is 8.97. The summed E-state index contributed by atoms with van der Waals surface area (Å²) in [5.41, 5.74) is 7.12. The maximum Gasteiger partial charge on any atom is 0.143 e. The maximum atomic E-state index is 8.97. The molecule has 0 spiro atoms. The number of nitrogens with zero attached hydrogens (tertiary/aromatic N) is 4. The molecule has 1 heterocycles. The predicted octanol–water partition coefficient (Wildman–Crippen LogP) is 0.308. The van der Waals surface area contributed by atoms with Crippen molar-refractivity contribution in [3.8, 4) is 5.69 Å². The molecule has 3 N–H and O–H groups in total. The van der Waals surface area contributed by atoms with Crippen LogP contribution in [0, 0.1) is 0 Å². The van der Waals surface area contributed by atoms with Gasteiger partial charge in [-0.3, -0.25) is 0 Å². The minimum atomic E-state index is -0.438. The van der Waals surface area contributed by atoms with Crippen molar-refractivity contribution in [3.63, 3.8) is 0 Å². The van der Waals surface area contributed by atoms with E-state index in [9.17, 15) is 0 Å². The molecular formula is C9H10ClN5O. The third-order valence-electron chi connectivity index (χ3n) is 2.19. The summed E-state index contributed by atoms with van der Waals surface area (Å²) in [6, 6.07) is 4.77. The number of hydrogen-bond donors (Lipinski definition) is 2. The largest absolute Gasteiger partial charge is 0.394 e. The second-order valence-electron chi connectivity index (χ2n) is 3.25. The van der Waals surface area contributed by atoms with Crippen molar-refractivity contribution in [1.29, 1.82) is 0 Å². The monoisotopic (exact) mass is 239 g/mol. The van der Waals surface area contributed by atoms with Crippen LogP contribution in [0.1, 0.15) is 11.6 Å². The van der Waals surface area contributed by atoms with E-state index in [2.05, 4.69) is 15.5 Å². The fourth-order valence-electron chi connectivity index (χ4n) is 1.31. The second kappa shape index (κ2) is 4.56. The highest BCUT2D eigenvalue weighted by molar-refractivity contribution is 6.32. The number of aliphatic hydroxyl groups is 1. The molecular weight excluding hydrogens is 230 g/mol. The van der Waals surface area contributed by atoms with Gasteiger partial charge in [0.25, 0.3) is 0 Å². The Morgan fingerprint density at radius 3 is 2.94 bits per heavy atom. The van der Waals surface area contributed by atoms with Gasteiger partial charge in [-0.2, -0.15) is 4.68 Å². The number of aromatic nitrogens is 4. The van der Waals surface area contributed by atoms with Gasteiger partial charge in [0.2, 0.25) is 0 Å². The molecule has 7 heteroatoms. The Morgan fingerprint density at radius 1 is 1.50 bits per heavy atom. The number of aliphatic hydroxyl groups excluding tert-OH is 1. The third-order valence-corrected chi connectivity index (χ3v) is 2.51. The van der Waals surface area contributed by atoms with Gasteiger partial charge in [-0.1, -0.05) is 17.7 Å². The van der Waals surface area contributed by atoms with Gasteiger partial charge in [0, 0.05) is 0 Å². The number of hydrogen-bond acceptors (Lipinski definition) is 5. The molecule has 0 bridgehead atoms. The van der Waals surface area contributed by atoms with Crippen molar-refractivity contribution >= 4 is 11.6 Å². The Balaban J connectivity index is 2.45. The van der Waals surface area contributed by atoms with Gasteiger partial charge >= 0.3 is 0 Å². The van der Waals surface area contributed by atoms with Crippen molar-refractivity contribution in [3.05, 3.63) is 35.1 Å². The summed E-state index contributed by atoms with van der Waals surface area (Å²) in [6.07, 6.45) is 1.44. The lowest BCUT2D eigenvalue weighted by molar-refractivity contribution is 0.268. The molecule has 0 aliphatic heterocycles. The average molecular weight is 240 g/mol. The second-order valence-corrected chi connectivity index (χ2v) is 3.66. The lowest BCUT2D eigenvalue weighted by Crippen LogP contribution is -2.14. The number of nitrogens with two attached hydrogens (primary N) is 1. The first-order valence-corrected chi connectivity index (χ1v) is 4.99. The van der Waals surface area contributed by atoms with Crippen LogP contribution in [0.3, 0.4) is 0 Å². The molecule has 0 saturated heterocycles. The highest BCUT2D eigenvalue weighted by Gasteiger charge is 2.09. The first kappa shape index (κ1) is 11.0. The Hall–Kier alpha value is -1.50. The van der Waals surface area contributed by atoms with Crippen LogP contribution in [0.15, 0.2) is 24.5 Å². The zero-order chi connectivity index (χ0) is 11.5. The lowest BCUT2D eigenvalue weighted by atomic mass is 10.1. The van der Waals surface area contributed by atoms with Crippen LogP contribution in [0.2, 0.25) is 5.02 Å². The van der Waals surface area contributed by atoms with E-state index in [1.54, 1.807) is 18.2 Å².